The lowest BCUT2D eigenvalue weighted by atomic mass is 10.2. The second-order valence-electron chi connectivity index (χ2n) is 2.11. The molecule has 0 aromatic rings. The fraction of sp³-hybridized carbons (Fsp3) is 0.500. The summed E-state index contributed by atoms with van der Waals surface area (Å²) in [5, 5.41) is 8.08. The monoisotopic (exact) mass is 186 g/mol. The summed E-state index contributed by atoms with van der Waals surface area (Å²) in [5.41, 5.74) is -0.805. The van der Waals surface area contributed by atoms with Crippen LogP contribution < -0.4 is 0 Å². The molecule has 70 valence electrons. The van der Waals surface area contributed by atoms with Crippen LogP contribution in [0.15, 0.2) is 11.6 Å². The quantitative estimate of drug-likeness (QED) is 0.540. The van der Waals surface area contributed by atoms with Crippen molar-refractivity contribution in [1.29, 1.82) is 0 Å². The summed E-state index contributed by atoms with van der Waals surface area (Å²) < 4.78 is 47.0. The first kappa shape index (κ1) is 10.9. The first-order chi connectivity index (χ1) is 5.27. The first-order valence-electron chi connectivity index (χ1n) is 2.86. The average molecular weight is 186 g/mol. The standard InChI is InChI=1S/C6H6F4O2/c1-3(4(11)12)2-6(9,10)5(7)8/h2,5H,1H3,(H,11,12)/b3-2+. The van der Waals surface area contributed by atoms with Crippen molar-refractivity contribution in [3.63, 3.8) is 0 Å². The minimum atomic E-state index is -4.37. The largest absolute Gasteiger partial charge is 0.478 e. The van der Waals surface area contributed by atoms with Gasteiger partial charge in [-0.25, -0.2) is 13.6 Å². The first-order valence-corrected chi connectivity index (χ1v) is 2.86. The van der Waals surface area contributed by atoms with E-state index in [2.05, 4.69) is 0 Å². The Morgan fingerprint density at radius 3 is 2.17 bits per heavy atom. The van der Waals surface area contributed by atoms with Gasteiger partial charge in [-0.05, 0) is 6.92 Å². The zero-order chi connectivity index (χ0) is 9.94. The SMILES string of the molecule is C/C(=C\C(F)(F)C(F)F)C(=O)O. The molecular formula is C6H6F4O2. The zero-order valence-corrected chi connectivity index (χ0v) is 6.02. The van der Waals surface area contributed by atoms with Gasteiger partial charge in [0.05, 0.1) is 0 Å². The Morgan fingerprint density at radius 1 is 1.50 bits per heavy atom. The van der Waals surface area contributed by atoms with Gasteiger partial charge in [-0.1, -0.05) is 0 Å². The van der Waals surface area contributed by atoms with Crippen molar-refractivity contribution in [1.82, 2.24) is 0 Å². The van der Waals surface area contributed by atoms with Gasteiger partial charge in [0.15, 0.2) is 0 Å². The van der Waals surface area contributed by atoms with E-state index in [4.69, 9.17) is 5.11 Å². The van der Waals surface area contributed by atoms with Crippen LogP contribution in [0.4, 0.5) is 17.6 Å². The van der Waals surface area contributed by atoms with Crippen molar-refractivity contribution in [3.8, 4) is 0 Å². The second-order valence-corrected chi connectivity index (χ2v) is 2.11. The number of alkyl halides is 4. The number of allylic oxidation sites excluding steroid dienone is 1. The van der Waals surface area contributed by atoms with Crippen molar-refractivity contribution in [3.05, 3.63) is 11.6 Å². The Morgan fingerprint density at radius 2 is 1.92 bits per heavy atom. The van der Waals surface area contributed by atoms with E-state index in [1.54, 1.807) is 0 Å². The normalized spacial score (nSPS) is 13.7. The van der Waals surface area contributed by atoms with Crippen molar-refractivity contribution in [2.45, 2.75) is 19.3 Å². The van der Waals surface area contributed by atoms with E-state index in [1.165, 1.54) is 0 Å². The highest BCUT2D eigenvalue weighted by atomic mass is 19.3. The third-order valence-electron chi connectivity index (χ3n) is 1.04. The summed E-state index contributed by atoms with van der Waals surface area (Å²) in [7, 11) is 0. The van der Waals surface area contributed by atoms with Crippen molar-refractivity contribution in [2.24, 2.45) is 0 Å². The number of hydrogen-bond acceptors (Lipinski definition) is 1. The van der Waals surface area contributed by atoms with Gasteiger partial charge in [0.25, 0.3) is 0 Å². The number of carbonyl (C=O) groups is 1. The summed E-state index contributed by atoms with van der Waals surface area (Å²) in [6.45, 7) is 0.818. The molecule has 0 aromatic heterocycles. The van der Waals surface area contributed by atoms with Crippen molar-refractivity contribution < 1.29 is 27.5 Å². The molecule has 0 aliphatic carbocycles. The molecule has 0 unspecified atom stereocenters. The lowest BCUT2D eigenvalue weighted by Gasteiger charge is -2.10. The van der Waals surface area contributed by atoms with Gasteiger partial charge >= 0.3 is 18.3 Å². The van der Waals surface area contributed by atoms with Crippen LogP contribution in [0.25, 0.3) is 0 Å². The molecule has 0 heterocycles. The highest BCUT2D eigenvalue weighted by molar-refractivity contribution is 5.85. The van der Waals surface area contributed by atoms with Gasteiger partial charge in [0, 0.05) is 11.6 Å². The van der Waals surface area contributed by atoms with Crippen molar-refractivity contribution in [2.75, 3.05) is 0 Å². The number of carboxylic acids is 1. The van der Waals surface area contributed by atoms with E-state index < -0.39 is 23.9 Å². The van der Waals surface area contributed by atoms with Crippen LogP contribution in [0, 0.1) is 0 Å². The molecule has 12 heavy (non-hydrogen) atoms. The number of aliphatic carboxylic acids is 1. The minimum absolute atomic E-state index is 0.264. The fourth-order valence-electron chi connectivity index (χ4n) is 0.413. The Hall–Kier alpha value is -1.07. The van der Waals surface area contributed by atoms with Crippen molar-refractivity contribution >= 4 is 5.97 Å². The Balaban J connectivity index is 4.61. The molecular weight excluding hydrogens is 180 g/mol. The highest BCUT2D eigenvalue weighted by Gasteiger charge is 2.38. The van der Waals surface area contributed by atoms with Gasteiger partial charge < -0.3 is 5.11 Å². The number of carboxylic acid groups (broad SMARTS) is 1. The summed E-state index contributed by atoms with van der Waals surface area (Å²) in [5.74, 6) is -6.02. The maximum atomic E-state index is 12.1. The predicted octanol–water partition coefficient (Wildman–Crippen LogP) is 1.92. The van der Waals surface area contributed by atoms with E-state index in [-0.39, 0.29) is 6.08 Å². The summed E-state index contributed by atoms with van der Waals surface area (Å²) in [6, 6.07) is 0. The minimum Gasteiger partial charge on any atom is -0.478 e. The van der Waals surface area contributed by atoms with E-state index >= 15 is 0 Å². The smallest absolute Gasteiger partial charge is 0.331 e. The third-order valence-corrected chi connectivity index (χ3v) is 1.04. The van der Waals surface area contributed by atoms with Crippen LogP contribution in [-0.4, -0.2) is 23.4 Å². The Kier molecular flexibility index (Phi) is 3.24. The maximum Gasteiger partial charge on any atom is 0.331 e. The molecule has 0 saturated carbocycles. The molecule has 0 saturated heterocycles. The molecule has 0 aliphatic rings. The topological polar surface area (TPSA) is 37.3 Å². The van der Waals surface area contributed by atoms with E-state index in [0.29, 0.717) is 0 Å². The van der Waals surface area contributed by atoms with Gasteiger partial charge in [-0.2, -0.15) is 8.78 Å². The van der Waals surface area contributed by atoms with Crippen LogP contribution in [0.5, 0.6) is 0 Å². The lowest BCUT2D eigenvalue weighted by molar-refractivity contribution is -0.133. The molecule has 0 spiro atoms. The van der Waals surface area contributed by atoms with Crippen LogP contribution in [0.3, 0.4) is 0 Å². The van der Waals surface area contributed by atoms with Crippen LogP contribution >= 0.6 is 0 Å². The predicted molar refractivity (Wildman–Crippen MR) is 32.3 cm³/mol. The average Bonchev–Trinajstić information content (AvgIpc) is 1.85. The van der Waals surface area contributed by atoms with Gasteiger partial charge in [0.1, 0.15) is 0 Å². The summed E-state index contributed by atoms with van der Waals surface area (Å²) in [4.78, 5) is 9.95. The molecule has 0 bridgehead atoms. The summed E-state index contributed by atoms with van der Waals surface area (Å²) >= 11 is 0. The molecule has 0 rings (SSSR count). The second kappa shape index (κ2) is 3.55. The Labute approximate surface area is 65.5 Å². The number of rotatable bonds is 3. The maximum absolute atomic E-state index is 12.1. The van der Waals surface area contributed by atoms with Crippen LogP contribution in [0.2, 0.25) is 0 Å². The fourth-order valence-corrected chi connectivity index (χ4v) is 0.413. The molecule has 0 amide bonds. The number of hydrogen-bond donors (Lipinski definition) is 1. The molecule has 0 aliphatic heterocycles. The third kappa shape index (κ3) is 2.89. The Bertz CT molecular complexity index is 210. The van der Waals surface area contributed by atoms with Gasteiger partial charge in [0.2, 0.25) is 0 Å². The molecule has 0 fully saturated rings. The zero-order valence-electron chi connectivity index (χ0n) is 6.02. The number of halogens is 4. The summed E-state index contributed by atoms with van der Waals surface area (Å²) in [6.07, 6.45) is -4.15. The highest BCUT2D eigenvalue weighted by Crippen LogP contribution is 2.25. The molecule has 0 aromatic carbocycles. The molecule has 1 N–H and O–H groups in total. The molecule has 2 nitrogen and oxygen atoms in total. The van der Waals surface area contributed by atoms with Gasteiger partial charge in [-0.15, -0.1) is 0 Å². The van der Waals surface area contributed by atoms with E-state index in [1.807, 2.05) is 0 Å². The van der Waals surface area contributed by atoms with Crippen LogP contribution in [0.1, 0.15) is 6.92 Å². The lowest BCUT2D eigenvalue weighted by Crippen LogP contribution is -2.24. The molecule has 0 atom stereocenters. The molecule has 0 radical (unpaired) electrons. The van der Waals surface area contributed by atoms with Crippen LogP contribution in [-0.2, 0) is 4.79 Å². The van der Waals surface area contributed by atoms with Gasteiger partial charge in [-0.3, -0.25) is 0 Å². The van der Waals surface area contributed by atoms with E-state index in [0.717, 1.165) is 6.92 Å². The molecule has 6 heteroatoms. The van der Waals surface area contributed by atoms with E-state index in [9.17, 15) is 22.4 Å².